The highest BCUT2D eigenvalue weighted by Crippen LogP contribution is 2.65. The fourth-order valence-corrected chi connectivity index (χ4v) is 4.68. The second kappa shape index (κ2) is 5.10. The normalized spacial score (nSPS) is 32.0. The monoisotopic (exact) mass is 340 g/mol. The summed E-state index contributed by atoms with van der Waals surface area (Å²) in [5.74, 6) is 0.986. The molecule has 1 aromatic rings. The molecule has 0 unspecified atom stereocenters. The Morgan fingerprint density at radius 2 is 2.16 bits per heavy atom. The van der Waals surface area contributed by atoms with E-state index in [1.807, 2.05) is 6.07 Å². The number of ether oxygens (including phenoxy) is 1. The summed E-state index contributed by atoms with van der Waals surface area (Å²) in [5, 5.41) is 5.85. The number of carbonyl (C=O) groups is 2. The van der Waals surface area contributed by atoms with Crippen LogP contribution >= 0.6 is 0 Å². The third kappa shape index (κ3) is 2.21. The van der Waals surface area contributed by atoms with Crippen molar-refractivity contribution in [3.8, 4) is 5.75 Å². The Kier molecular flexibility index (Phi) is 3.30. The van der Waals surface area contributed by atoms with Gasteiger partial charge in [0.2, 0.25) is 5.91 Å². The average molecular weight is 340 g/mol. The van der Waals surface area contributed by atoms with Crippen molar-refractivity contribution in [2.24, 2.45) is 16.7 Å². The van der Waals surface area contributed by atoms with Crippen LogP contribution in [0.15, 0.2) is 30.4 Å². The number of anilines is 2. The molecule has 0 saturated heterocycles. The zero-order valence-corrected chi connectivity index (χ0v) is 14.9. The Balaban J connectivity index is 1.57. The largest absolute Gasteiger partial charge is 0.479 e. The Labute approximate surface area is 147 Å². The molecule has 3 aliphatic rings. The summed E-state index contributed by atoms with van der Waals surface area (Å²) in [7, 11) is 0. The third-order valence-electron chi connectivity index (χ3n) is 6.49. The topological polar surface area (TPSA) is 67.4 Å². The van der Waals surface area contributed by atoms with Crippen LogP contribution < -0.4 is 15.4 Å². The van der Waals surface area contributed by atoms with E-state index in [0.29, 0.717) is 23.0 Å². The molecule has 2 saturated carbocycles. The summed E-state index contributed by atoms with van der Waals surface area (Å²) >= 11 is 0. The highest BCUT2D eigenvalue weighted by Gasteiger charge is 2.60. The molecule has 1 aliphatic heterocycles. The minimum atomic E-state index is -0.508. The van der Waals surface area contributed by atoms with Gasteiger partial charge in [0, 0.05) is 5.69 Å². The maximum absolute atomic E-state index is 13.1. The number of amides is 2. The number of nitrogens with one attached hydrogen (secondary N) is 2. The first-order valence-corrected chi connectivity index (χ1v) is 8.87. The van der Waals surface area contributed by atoms with E-state index in [1.165, 1.54) is 0 Å². The van der Waals surface area contributed by atoms with E-state index in [2.05, 4.69) is 31.1 Å². The molecule has 25 heavy (non-hydrogen) atoms. The van der Waals surface area contributed by atoms with E-state index in [4.69, 9.17) is 4.74 Å². The van der Waals surface area contributed by atoms with Crippen LogP contribution in [0.1, 0.15) is 40.0 Å². The van der Waals surface area contributed by atoms with Crippen molar-refractivity contribution >= 4 is 23.2 Å². The molecular weight excluding hydrogens is 316 g/mol. The van der Waals surface area contributed by atoms with Crippen molar-refractivity contribution < 1.29 is 14.3 Å². The maximum Gasteiger partial charge on any atom is 0.265 e. The minimum absolute atomic E-state index is 0.0157. The van der Waals surface area contributed by atoms with Gasteiger partial charge in [-0.25, -0.2) is 0 Å². The molecule has 4 rings (SSSR count). The Hall–Kier alpha value is -2.30. The van der Waals surface area contributed by atoms with E-state index in [0.717, 1.165) is 24.8 Å². The number of rotatable bonds is 2. The Bertz CT molecular complexity index is 798. The molecule has 1 heterocycles. The first kappa shape index (κ1) is 16.2. The highest BCUT2D eigenvalue weighted by atomic mass is 16.5. The number of fused-ring (bicyclic) bond motifs is 3. The molecule has 2 aliphatic carbocycles. The predicted molar refractivity (Wildman–Crippen MR) is 96.5 cm³/mol. The molecular formula is C20H24N2O3. The van der Waals surface area contributed by atoms with Crippen LogP contribution in [0.5, 0.6) is 5.75 Å². The zero-order valence-electron chi connectivity index (χ0n) is 14.9. The Morgan fingerprint density at radius 3 is 2.84 bits per heavy atom. The first-order valence-electron chi connectivity index (χ1n) is 8.87. The van der Waals surface area contributed by atoms with Gasteiger partial charge in [-0.1, -0.05) is 26.0 Å². The van der Waals surface area contributed by atoms with Crippen LogP contribution in [0.3, 0.4) is 0 Å². The molecule has 3 atom stereocenters. The molecule has 2 bridgehead atoms. The fourth-order valence-electron chi connectivity index (χ4n) is 4.68. The van der Waals surface area contributed by atoms with E-state index in [9.17, 15) is 9.59 Å². The van der Waals surface area contributed by atoms with Crippen molar-refractivity contribution in [3.63, 3.8) is 0 Å². The summed E-state index contributed by atoms with van der Waals surface area (Å²) < 4.78 is 5.56. The molecule has 5 heteroatoms. The number of benzene rings is 1. The van der Waals surface area contributed by atoms with Gasteiger partial charge in [-0.05, 0) is 55.7 Å². The molecule has 132 valence electrons. The van der Waals surface area contributed by atoms with Crippen LogP contribution in [-0.2, 0) is 9.59 Å². The van der Waals surface area contributed by atoms with Crippen LogP contribution in [0.4, 0.5) is 11.4 Å². The quantitative estimate of drug-likeness (QED) is 0.806. The molecule has 0 aromatic heterocycles. The lowest BCUT2D eigenvalue weighted by Crippen LogP contribution is -2.37. The van der Waals surface area contributed by atoms with Crippen LogP contribution in [0, 0.1) is 16.7 Å². The van der Waals surface area contributed by atoms with Crippen LogP contribution in [0.2, 0.25) is 0 Å². The van der Waals surface area contributed by atoms with Gasteiger partial charge in [0.05, 0.1) is 11.1 Å². The molecule has 0 spiro atoms. The second-order valence-corrected chi connectivity index (χ2v) is 8.14. The molecule has 2 amide bonds. The van der Waals surface area contributed by atoms with Gasteiger partial charge in [0.15, 0.2) is 6.10 Å². The summed E-state index contributed by atoms with van der Waals surface area (Å²) in [5.41, 5.74) is 1.87. The van der Waals surface area contributed by atoms with Crippen molar-refractivity contribution in [1.29, 1.82) is 0 Å². The molecule has 5 nitrogen and oxygen atoms in total. The van der Waals surface area contributed by atoms with Crippen molar-refractivity contribution in [2.75, 3.05) is 10.6 Å². The minimum Gasteiger partial charge on any atom is -0.479 e. The molecule has 2 N–H and O–H groups in total. The van der Waals surface area contributed by atoms with Crippen molar-refractivity contribution in [3.05, 3.63) is 30.4 Å². The van der Waals surface area contributed by atoms with Crippen LogP contribution in [0.25, 0.3) is 0 Å². The van der Waals surface area contributed by atoms with E-state index < -0.39 is 11.5 Å². The molecule has 1 aromatic carbocycles. The van der Waals surface area contributed by atoms with Crippen molar-refractivity contribution in [1.82, 2.24) is 0 Å². The lowest BCUT2D eigenvalue weighted by molar-refractivity contribution is -0.123. The maximum atomic E-state index is 13.1. The lowest BCUT2D eigenvalue weighted by atomic mass is 9.68. The first-order chi connectivity index (χ1) is 11.7. The van der Waals surface area contributed by atoms with Gasteiger partial charge in [-0.3, -0.25) is 9.59 Å². The predicted octanol–water partition coefficient (Wildman–Crippen LogP) is 3.73. The standard InChI is InChI=1S/C20H24N2O3/c1-11-17(23)22-15-9-14(5-6-16(15)25-11)21-18(24)20-8-7-13(10-20)19(3,4)12(20)2/h5-6,9,11,13H,2,7-8,10H2,1,3-4H3,(H,21,24)(H,22,23)/t11-,13+,20-/m1/s1. The number of carbonyl (C=O) groups excluding carboxylic acids is 2. The zero-order chi connectivity index (χ0) is 18.0. The second-order valence-electron chi connectivity index (χ2n) is 8.14. The van der Waals surface area contributed by atoms with Gasteiger partial charge in [-0.15, -0.1) is 0 Å². The Morgan fingerprint density at radius 1 is 1.40 bits per heavy atom. The SMILES string of the molecule is C=C1C(C)(C)[C@H]2CC[C@@]1(C(=O)Nc1ccc3c(c1)NC(=O)[C@@H](C)O3)C2. The van der Waals surface area contributed by atoms with E-state index in [1.54, 1.807) is 19.1 Å². The average Bonchev–Trinajstić information content (AvgIpc) is 3.09. The molecule has 0 radical (unpaired) electrons. The van der Waals surface area contributed by atoms with Gasteiger partial charge in [-0.2, -0.15) is 0 Å². The lowest BCUT2D eigenvalue weighted by Gasteiger charge is -2.37. The summed E-state index contributed by atoms with van der Waals surface area (Å²) in [6.07, 6.45) is 2.32. The van der Waals surface area contributed by atoms with E-state index >= 15 is 0 Å². The summed E-state index contributed by atoms with van der Waals surface area (Å²) in [6.45, 7) is 10.4. The van der Waals surface area contributed by atoms with Gasteiger partial charge < -0.3 is 15.4 Å². The van der Waals surface area contributed by atoms with Crippen LogP contribution in [-0.4, -0.2) is 17.9 Å². The van der Waals surface area contributed by atoms with Crippen molar-refractivity contribution in [2.45, 2.75) is 46.1 Å². The number of hydrogen-bond acceptors (Lipinski definition) is 3. The fraction of sp³-hybridized carbons (Fsp3) is 0.500. The van der Waals surface area contributed by atoms with Gasteiger partial charge in [0.25, 0.3) is 5.91 Å². The smallest absolute Gasteiger partial charge is 0.265 e. The number of hydrogen-bond donors (Lipinski definition) is 2. The third-order valence-corrected chi connectivity index (χ3v) is 6.49. The molecule has 2 fully saturated rings. The summed E-state index contributed by atoms with van der Waals surface area (Å²) in [4.78, 5) is 24.9. The summed E-state index contributed by atoms with van der Waals surface area (Å²) in [6, 6.07) is 5.35. The van der Waals surface area contributed by atoms with Gasteiger partial charge >= 0.3 is 0 Å². The van der Waals surface area contributed by atoms with E-state index in [-0.39, 0.29) is 17.2 Å². The van der Waals surface area contributed by atoms with Gasteiger partial charge in [0.1, 0.15) is 5.75 Å². The highest BCUT2D eigenvalue weighted by molar-refractivity contribution is 6.01.